The Kier molecular flexibility index (Phi) is 19.3. The summed E-state index contributed by atoms with van der Waals surface area (Å²) in [6.45, 7) is 8.95. The van der Waals surface area contributed by atoms with Crippen LogP contribution in [0.1, 0.15) is 86.1 Å². The molecule has 2 amide bonds. The standard InChI is InChI=1S/C65H66N9O8PS/c1-44(2)74(45(3)4)83(80-40-18-37-66)82-54-41-60(81-55(54)42-79-65(47-21-11-8-12-22-47,48-28-32-50(77-5)33-29-48)49-30-34-51(78-6)35-31-49)73-58(70-61-62(68-43-69-63(61)73)71-64(76)46-19-9-7-10-20-46)27-17-38-67-59(75)36-39-72-52-23-13-15-25-56(52)84-57-26-16-14-24-53(57)72/h7-16,19-26,28-35,43-45,54-55,60H,18,36,38-42H2,1-6H3,(H,67,75)(H,68,69,71,76)/t54-,55+,60+,83?/m0/s1. The average Bonchev–Trinajstić information content (AvgIpc) is 2.46. The predicted molar refractivity (Wildman–Crippen MR) is 325 cm³/mol. The summed E-state index contributed by atoms with van der Waals surface area (Å²) in [6.07, 6.45) is -0.348. The summed E-state index contributed by atoms with van der Waals surface area (Å²) in [5.74, 6) is 7.59. The fraction of sp³-hybridized carbons (Fsp3) is 0.292. The van der Waals surface area contributed by atoms with Crippen LogP contribution in [0.3, 0.4) is 0 Å². The Hall–Kier alpha value is -8.16. The maximum absolute atomic E-state index is 13.7. The van der Waals surface area contributed by atoms with E-state index in [1.54, 1.807) is 54.8 Å². The summed E-state index contributed by atoms with van der Waals surface area (Å²) in [5.41, 5.74) is 4.43. The monoisotopic (exact) mass is 1160 g/mol. The number of fused-ring (bicyclic) bond motifs is 3. The van der Waals surface area contributed by atoms with Gasteiger partial charge in [-0.3, -0.25) is 14.2 Å². The Balaban J connectivity index is 1.02. The molecule has 0 spiro atoms. The smallest absolute Gasteiger partial charge is 0.259 e. The number of imidazole rings is 1. The van der Waals surface area contributed by atoms with Gasteiger partial charge in [-0.05, 0) is 111 Å². The van der Waals surface area contributed by atoms with Crippen LogP contribution >= 0.6 is 20.3 Å². The molecule has 2 aliphatic rings. The van der Waals surface area contributed by atoms with Crippen molar-refractivity contribution < 1.29 is 37.6 Å². The van der Waals surface area contributed by atoms with Crippen LogP contribution in [0.15, 0.2) is 174 Å². The van der Waals surface area contributed by atoms with Gasteiger partial charge in [0.25, 0.3) is 14.4 Å². The first-order valence-corrected chi connectivity index (χ1v) is 29.8. The zero-order valence-corrected chi connectivity index (χ0v) is 49.4. The largest absolute Gasteiger partial charge is 0.497 e. The van der Waals surface area contributed by atoms with Crippen molar-refractivity contribution in [1.29, 1.82) is 5.26 Å². The number of para-hydroxylation sites is 2. The number of carbonyl (C=O) groups excluding carboxylic acids is 2. The summed E-state index contributed by atoms with van der Waals surface area (Å²) in [4.78, 5) is 46.1. The fourth-order valence-electron chi connectivity index (χ4n) is 10.5. The highest BCUT2D eigenvalue weighted by Gasteiger charge is 2.46. The van der Waals surface area contributed by atoms with E-state index in [1.165, 1.54) is 6.33 Å². The number of nitrogens with zero attached hydrogens (tertiary/aromatic N) is 7. The average molecular weight is 1160 g/mol. The van der Waals surface area contributed by atoms with Gasteiger partial charge < -0.3 is 43.5 Å². The van der Waals surface area contributed by atoms with E-state index in [0.29, 0.717) is 29.3 Å². The number of carbonyl (C=O) groups is 2. The second kappa shape index (κ2) is 27.5. The highest BCUT2D eigenvalue weighted by molar-refractivity contribution is 7.99. The molecule has 2 aromatic heterocycles. The number of benzene rings is 6. The normalized spacial score (nSPS) is 15.9. The van der Waals surface area contributed by atoms with E-state index in [1.807, 2.05) is 109 Å². The summed E-state index contributed by atoms with van der Waals surface area (Å²) in [7, 11) is 1.47. The first-order chi connectivity index (χ1) is 41.0. The quantitative estimate of drug-likeness (QED) is 0.0266. The molecular formula is C65H66N9O8PS. The molecule has 0 saturated carbocycles. The summed E-state index contributed by atoms with van der Waals surface area (Å²) in [6, 6.07) is 53.1. The molecule has 1 saturated heterocycles. The molecule has 8 aromatic rings. The highest BCUT2D eigenvalue weighted by Crippen LogP contribution is 2.52. The summed E-state index contributed by atoms with van der Waals surface area (Å²) >= 11 is 1.72. The number of anilines is 3. The third kappa shape index (κ3) is 13.1. The van der Waals surface area contributed by atoms with Crippen molar-refractivity contribution in [3.63, 3.8) is 0 Å². The molecule has 430 valence electrons. The van der Waals surface area contributed by atoms with Crippen LogP contribution in [0.5, 0.6) is 11.5 Å². The van der Waals surface area contributed by atoms with Gasteiger partial charge in [0.2, 0.25) is 5.91 Å². The topological polar surface area (TPSA) is 187 Å². The van der Waals surface area contributed by atoms with Crippen LogP contribution < -0.4 is 25.0 Å². The van der Waals surface area contributed by atoms with Gasteiger partial charge in [-0.1, -0.05) is 115 Å². The number of amides is 2. The van der Waals surface area contributed by atoms with Crippen LogP contribution in [-0.4, -0.2) is 101 Å². The Morgan fingerprint density at radius 1 is 0.798 bits per heavy atom. The van der Waals surface area contributed by atoms with Gasteiger partial charge in [-0.2, -0.15) is 5.26 Å². The van der Waals surface area contributed by atoms with Gasteiger partial charge in [0, 0.05) is 46.8 Å². The Labute approximate surface area is 495 Å². The zero-order chi connectivity index (χ0) is 58.6. The van der Waals surface area contributed by atoms with E-state index < -0.39 is 32.6 Å². The fourth-order valence-corrected chi connectivity index (χ4v) is 13.4. The number of hydrogen-bond acceptors (Lipinski definition) is 15. The molecular weight excluding hydrogens is 1100 g/mol. The van der Waals surface area contributed by atoms with Crippen molar-refractivity contribution in [1.82, 2.24) is 29.5 Å². The molecule has 0 radical (unpaired) electrons. The van der Waals surface area contributed by atoms with Crippen LogP contribution in [-0.2, 0) is 28.9 Å². The Morgan fingerprint density at radius 3 is 2.00 bits per heavy atom. The van der Waals surface area contributed by atoms with E-state index in [9.17, 15) is 14.9 Å². The number of methoxy groups -OCH3 is 2. The van der Waals surface area contributed by atoms with Gasteiger partial charge in [0.15, 0.2) is 22.8 Å². The van der Waals surface area contributed by atoms with Crippen molar-refractivity contribution in [2.45, 2.75) is 92.9 Å². The molecule has 10 rings (SSSR count). The van der Waals surface area contributed by atoms with Crippen molar-refractivity contribution in [3.8, 4) is 29.4 Å². The number of hydrogen-bond donors (Lipinski definition) is 2. The molecule has 4 atom stereocenters. The van der Waals surface area contributed by atoms with Crippen molar-refractivity contribution >= 4 is 60.5 Å². The third-order valence-corrected chi connectivity index (χ3v) is 17.7. The highest BCUT2D eigenvalue weighted by atomic mass is 32.2. The minimum absolute atomic E-state index is 0.000345. The van der Waals surface area contributed by atoms with Gasteiger partial charge in [-0.25, -0.2) is 19.6 Å². The molecule has 1 unspecified atom stereocenters. The Bertz CT molecular complexity index is 3550. The first-order valence-electron chi connectivity index (χ1n) is 27.9. The van der Waals surface area contributed by atoms with E-state index in [4.69, 9.17) is 38.0 Å². The second-order valence-electron chi connectivity index (χ2n) is 20.4. The summed E-state index contributed by atoms with van der Waals surface area (Å²) in [5, 5.41) is 15.6. The van der Waals surface area contributed by atoms with E-state index in [-0.39, 0.29) is 80.1 Å². The van der Waals surface area contributed by atoms with Gasteiger partial charge in [0.05, 0.1) is 63.9 Å². The number of nitriles is 1. The van der Waals surface area contributed by atoms with Crippen LogP contribution in [0, 0.1) is 23.2 Å². The minimum atomic E-state index is -1.79. The minimum Gasteiger partial charge on any atom is -0.497 e. The van der Waals surface area contributed by atoms with Crippen LogP contribution in [0.2, 0.25) is 0 Å². The molecule has 2 aliphatic heterocycles. The van der Waals surface area contributed by atoms with Crippen LogP contribution in [0.4, 0.5) is 17.2 Å². The molecule has 2 N–H and O–H groups in total. The lowest BCUT2D eigenvalue weighted by molar-refractivity contribution is -0.120. The molecule has 1 fully saturated rings. The molecule has 0 bridgehead atoms. The third-order valence-electron chi connectivity index (χ3n) is 14.4. The lowest BCUT2D eigenvalue weighted by Crippen LogP contribution is -2.39. The summed E-state index contributed by atoms with van der Waals surface area (Å²) < 4.78 is 43.8. The maximum Gasteiger partial charge on any atom is 0.259 e. The van der Waals surface area contributed by atoms with Crippen molar-refractivity contribution in [2.75, 3.05) is 50.7 Å². The Morgan fingerprint density at radius 2 is 1.39 bits per heavy atom. The lowest BCUT2D eigenvalue weighted by atomic mass is 9.80. The molecule has 84 heavy (non-hydrogen) atoms. The van der Waals surface area contributed by atoms with Crippen molar-refractivity contribution in [2.24, 2.45) is 0 Å². The molecule has 6 aromatic carbocycles. The molecule has 17 nitrogen and oxygen atoms in total. The van der Waals surface area contributed by atoms with E-state index in [2.05, 4.69) is 95.1 Å². The number of aromatic nitrogens is 4. The first kappa shape index (κ1) is 59.0. The van der Waals surface area contributed by atoms with E-state index >= 15 is 0 Å². The zero-order valence-electron chi connectivity index (χ0n) is 47.7. The molecule has 19 heteroatoms. The SMILES string of the molecule is COc1ccc(C(OC[C@H]2O[C@@H](n3c(C#CCNC(=O)CCN4c5ccccc5Sc5ccccc54)nc4c(NC(=O)c5ccccc5)ncnc43)C[C@@H]2OP(OCCC#N)N(C(C)C)C(C)C)(c2ccccc2)c2ccc(OC)cc2)cc1. The predicted octanol–water partition coefficient (Wildman–Crippen LogP) is 12.2. The second-order valence-corrected chi connectivity index (χ2v) is 22.9. The molecule has 4 heterocycles. The van der Waals surface area contributed by atoms with Gasteiger partial charge in [-0.15, -0.1) is 0 Å². The lowest BCUT2D eigenvalue weighted by Gasteiger charge is -2.39. The number of rotatable bonds is 23. The number of nitrogens with one attached hydrogen (secondary N) is 2. The molecule has 0 aliphatic carbocycles. The van der Waals surface area contributed by atoms with Gasteiger partial charge in [0.1, 0.15) is 35.8 Å². The maximum atomic E-state index is 13.7. The van der Waals surface area contributed by atoms with Crippen molar-refractivity contribution in [3.05, 3.63) is 192 Å². The van der Waals surface area contributed by atoms with Gasteiger partial charge >= 0.3 is 0 Å². The number of ether oxygens (including phenoxy) is 4. The van der Waals surface area contributed by atoms with Crippen LogP contribution in [0.25, 0.3) is 11.2 Å². The van der Waals surface area contributed by atoms with E-state index in [0.717, 1.165) is 37.9 Å².